The first-order valence-corrected chi connectivity index (χ1v) is 6.42. The van der Waals surface area contributed by atoms with Gasteiger partial charge in [0.2, 0.25) is 0 Å². The molecule has 0 atom stereocenters. The fourth-order valence-electron chi connectivity index (χ4n) is 2.82. The monoisotopic (exact) mass is 250 g/mol. The minimum Gasteiger partial charge on any atom is -0.512 e. The lowest BCUT2D eigenvalue weighted by Crippen LogP contribution is -2.25. The smallest absolute Gasteiger partial charge is 0.162 e. The van der Waals surface area contributed by atoms with Crippen LogP contribution in [0.5, 0.6) is 0 Å². The molecule has 0 fully saturated rings. The summed E-state index contributed by atoms with van der Waals surface area (Å²) in [4.78, 5) is 23.7. The fraction of sp³-hybridized carbons (Fsp3) is 0.571. The number of carbonyl (C=O) groups is 2. The highest BCUT2D eigenvalue weighted by Crippen LogP contribution is 2.34. The van der Waals surface area contributed by atoms with Crippen molar-refractivity contribution in [2.24, 2.45) is 5.92 Å². The maximum Gasteiger partial charge on any atom is 0.162 e. The van der Waals surface area contributed by atoms with E-state index in [2.05, 4.69) is 0 Å². The Kier molecular flexibility index (Phi) is 3.55. The quantitative estimate of drug-likeness (QED) is 0.790. The molecule has 0 aromatic carbocycles. The summed E-state index contributed by atoms with van der Waals surface area (Å²) in [7, 11) is 0. The van der Waals surface area contributed by atoms with Gasteiger partial charge < -0.3 is 10.2 Å². The van der Waals surface area contributed by atoms with Crippen LogP contribution >= 0.6 is 0 Å². The molecule has 98 valence electrons. The van der Waals surface area contributed by atoms with E-state index in [0.717, 1.165) is 0 Å². The predicted molar refractivity (Wildman–Crippen MR) is 66.2 cm³/mol. The van der Waals surface area contributed by atoms with Gasteiger partial charge in [-0.25, -0.2) is 0 Å². The van der Waals surface area contributed by atoms with Crippen LogP contribution in [0, 0.1) is 5.92 Å². The normalized spacial score (nSPS) is 22.1. The molecule has 2 rings (SSSR count). The first kappa shape index (κ1) is 12.9. The second-order valence-electron chi connectivity index (χ2n) is 5.00. The molecule has 0 amide bonds. The number of aliphatic hydroxyl groups is 2. The molecule has 2 aliphatic carbocycles. The second kappa shape index (κ2) is 4.96. The average molecular weight is 250 g/mol. The van der Waals surface area contributed by atoms with Crippen LogP contribution in [0.1, 0.15) is 45.4 Å². The molecule has 0 unspecified atom stereocenters. The summed E-state index contributed by atoms with van der Waals surface area (Å²) in [6, 6.07) is 0. The van der Waals surface area contributed by atoms with Crippen LogP contribution in [0.15, 0.2) is 22.7 Å². The Morgan fingerprint density at radius 3 is 1.56 bits per heavy atom. The molecule has 0 aliphatic heterocycles. The Hall–Kier alpha value is -1.58. The predicted octanol–water partition coefficient (Wildman–Crippen LogP) is 2.75. The Bertz CT molecular complexity index is 414. The SMILES string of the molecule is CC(C1=C(O)CCCC1=O)C1=C(O)CCCC1=O. The lowest BCUT2D eigenvalue weighted by atomic mass is 9.79. The van der Waals surface area contributed by atoms with Gasteiger partial charge in [-0.15, -0.1) is 0 Å². The lowest BCUT2D eigenvalue weighted by molar-refractivity contribution is -0.117. The van der Waals surface area contributed by atoms with Crippen LogP contribution in [0.2, 0.25) is 0 Å². The topological polar surface area (TPSA) is 74.6 Å². The third-order valence-corrected chi connectivity index (χ3v) is 3.72. The number of Topliss-reactive ketones (excluding diaryl/α,β-unsaturated/α-hetero) is 2. The zero-order valence-electron chi connectivity index (χ0n) is 10.5. The van der Waals surface area contributed by atoms with Crippen molar-refractivity contribution in [3.8, 4) is 0 Å². The minimum atomic E-state index is -0.495. The molecular formula is C14H18O4. The first-order valence-electron chi connectivity index (χ1n) is 6.42. The molecule has 0 saturated heterocycles. The Morgan fingerprint density at radius 1 is 0.833 bits per heavy atom. The van der Waals surface area contributed by atoms with Gasteiger partial charge >= 0.3 is 0 Å². The van der Waals surface area contributed by atoms with Gasteiger partial charge in [0.15, 0.2) is 11.6 Å². The maximum absolute atomic E-state index is 11.9. The van der Waals surface area contributed by atoms with Crippen LogP contribution in [-0.4, -0.2) is 21.8 Å². The molecule has 0 spiro atoms. The fourth-order valence-corrected chi connectivity index (χ4v) is 2.82. The molecule has 2 N–H and O–H groups in total. The highest BCUT2D eigenvalue weighted by molar-refractivity contribution is 6.03. The van der Waals surface area contributed by atoms with Crippen molar-refractivity contribution in [1.82, 2.24) is 0 Å². The molecule has 0 saturated carbocycles. The molecule has 4 heteroatoms. The third-order valence-electron chi connectivity index (χ3n) is 3.72. The van der Waals surface area contributed by atoms with Crippen molar-refractivity contribution in [2.75, 3.05) is 0 Å². The minimum absolute atomic E-state index is 0.0809. The molecule has 18 heavy (non-hydrogen) atoms. The van der Waals surface area contributed by atoms with E-state index >= 15 is 0 Å². The van der Waals surface area contributed by atoms with Crippen LogP contribution < -0.4 is 0 Å². The third kappa shape index (κ3) is 2.19. The van der Waals surface area contributed by atoms with Gasteiger partial charge in [-0.1, -0.05) is 6.92 Å². The summed E-state index contributed by atoms with van der Waals surface area (Å²) in [6.07, 6.45) is 3.08. The van der Waals surface area contributed by atoms with Gasteiger partial charge in [0, 0.05) is 42.7 Å². The Morgan fingerprint density at radius 2 is 1.22 bits per heavy atom. The Labute approximate surface area is 106 Å². The average Bonchev–Trinajstić information content (AvgIpc) is 2.28. The molecule has 4 nitrogen and oxygen atoms in total. The van der Waals surface area contributed by atoms with E-state index in [1.807, 2.05) is 0 Å². The van der Waals surface area contributed by atoms with Crippen molar-refractivity contribution in [2.45, 2.75) is 45.4 Å². The molecule has 0 bridgehead atoms. The van der Waals surface area contributed by atoms with Crippen molar-refractivity contribution in [3.05, 3.63) is 22.7 Å². The zero-order valence-corrected chi connectivity index (χ0v) is 10.5. The number of allylic oxidation sites excluding steroid dienone is 4. The summed E-state index contributed by atoms with van der Waals surface area (Å²) in [5, 5.41) is 19.7. The number of rotatable bonds is 2. The molecule has 0 radical (unpaired) electrons. The van der Waals surface area contributed by atoms with Gasteiger partial charge in [0.1, 0.15) is 0 Å². The highest BCUT2D eigenvalue weighted by Gasteiger charge is 2.33. The van der Waals surface area contributed by atoms with Crippen molar-refractivity contribution < 1.29 is 19.8 Å². The van der Waals surface area contributed by atoms with E-state index in [1.165, 1.54) is 0 Å². The van der Waals surface area contributed by atoms with Gasteiger partial charge in [0.25, 0.3) is 0 Å². The van der Waals surface area contributed by atoms with Crippen LogP contribution in [0.3, 0.4) is 0 Å². The summed E-state index contributed by atoms with van der Waals surface area (Å²) in [6.45, 7) is 1.71. The van der Waals surface area contributed by atoms with Crippen LogP contribution in [-0.2, 0) is 9.59 Å². The molecular weight excluding hydrogens is 232 g/mol. The Balaban J connectivity index is 2.39. The molecule has 0 aromatic heterocycles. The largest absolute Gasteiger partial charge is 0.512 e. The van der Waals surface area contributed by atoms with Gasteiger partial charge in [-0.3, -0.25) is 9.59 Å². The maximum atomic E-state index is 11.9. The van der Waals surface area contributed by atoms with Crippen LogP contribution in [0.25, 0.3) is 0 Å². The van der Waals surface area contributed by atoms with Crippen molar-refractivity contribution in [3.63, 3.8) is 0 Å². The number of ketones is 2. The van der Waals surface area contributed by atoms with E-state index in [1.54, 1.807) is 6.92 Å². The van der Waals surface area contributed by atoms with Crippen molar-refractivity contribution >= 4 is 11.6 Å². The second-order valence-corrected chi connectivity index (χ2v) is 5.00. The van der Waals surface area contributed by atoms with E-state index in [9.17, 15) is 19.8 Å². The molecule has 0 aromatic rings. The van der Waals surface area contributed by atoms with E-state index in [-0.39, 0.29) is 23.1 Å². The number of carbonyl (C=O) groups excluding carboxylic acids is 2. The summed E-state index contributed by atoms with van der Waals surface area (Å²) >= 11 is 0. The summed E-state index contributed by atoms with van der Waals surface area (Å²) < 4.78 is 0. The number of hydrogen-bond acceptors (Lipinski definition) is 4. The van der Waals surface area contributed by atoms with E-state index < -0.39 is 5.92 Å². The zero-order chi connectivity index (χ0) is 13.3. The van der Waals surface area contributed by atoms with Crippen molar-refractivity contribution in [1.29, 1.82) is 0 Å². The summed E-state index contributed by atoms with van der Waals surface area (Å²) in [5.74, 6) is -0.546. The molecule has 2 aliphatic rings. The molecule has 0 heterocycles. The van der Waals surface area contributed by atoms with Gasteiger partial charge in [-0.2, -0.15) is 0 Å². The van der Waals surface area contributed by atoms with Gasteiger partial charge in [-0.05, 0) is 12.8 Å². The standard InChI is InChI=1S/C14H18O4/c1-8(13-9(15)4-2-5-10(13)16)14-11(17)6-3-7-12(14)18/h8,15,17H,2-7H2,1H3. The van der Waals surface area contributed by atoms with E-state index in [0.29, 0.717) is 49.7 Å². The van der Waals surface area contributed by atoms with Crippen LogP contribution in [0.4, 0.5) is 0 Å². The highest BCUT2D eigenvalue weighted by atomic mass is 16.3. The van der Waals surface area contributed by atoms with E-state index in [4.69, 9.17) is 0 Å². The first-order chi connectivity index (χ1) is 8.52. The van der Waals surface area contributed by atoms with Gasteiger partial charge in [0.05, 0.1) is 11.5 Å². The lowest BCUT2D eigenvalue weighted by Gasteiger charge is -2.25. The number of hydrogen-bond donors (Lipinski definition) is 2. The number of aliphatic hydroxyl groups excluding tert-OH is 2. The summed E-state index contributed by atoms with van der Waals surface area (Å²) in [5.41, 5.74) is 0.635.